The molecule has 3 rings (SSSR count). The summed E-state index contributed by atoms with van der Waals surface area (Å²) in [5.74, 6) is 0.539. The van der Waals surface area contributed by atoms with Crippen molar-refractivity contribution in [3.63, 3.8) is 0 Å². The van der Waals surface area contributed by atoms with Crippen LogP contribution in [0.2, 0.25) is 0 Å². The van der Waals surface area contributed by atoms with E-state index in [4.69, 9.17) is 16.2 Å². The highest BCUT2D eigenvalue weighted by Crippen LogP contribution is 2.43. The fraction of sp³-hybridized carbons (Fsp3) is 0.143. The van der Waals surface area contributed by atoms with Gasteiger partial charge in [0.25, 0.3) is 0 Å². The monoisotopic (exact) mass is 344 g/mol. The number of nitrogens with zero attached hydrogens (tertiary/aromatic N) is 2. The number of methoxy groups -OCH3 is 1. The number of aryl methyl sites for hydroxylation is 1. The van der Waals surface area contributed by atoms with Gasteiger partial charge in [-0.05, 0) is 18.6 Å². The number of para-hydroxylation sites is 1. The molecule has 1 aliphatic heterocycles. The van der Waals surface area contributed by atoms with Crippen molar-refractivity contribution in [1.82, 2.24) is 0 Å². The molecule has 1 heterocycles. The van der Waals surface area contributed by atoms with Crippen LogP contribution in [0.15, 0.2) is 70.9 Å². The molecule has 0 aromatic heterocycles. The van der Waals surface area contributed by atoms with E-state index in [2.05, 4.69) is 11.1 Å². The Morgan fingerprint density at radius 1 is 1.15 bits per heavy atom. The SMILES string of the molecule is COc1ccccc1C1C(C#N)=C(c2ccccc2C)N=C(N)/C1=C\N. The van der Waals surface area contributed by atoms with Gasteiger partial charge in [-0.1, -0.05) is 42.5 Å². The van der Waals surface area contributed by atoms with Crippen LogP contribution in [0.5, 0.6) is 5.75 Å². The van der Waals surface area contributed by atoms with Gasteiger partial charge in [-0.25, -0.2) is 4.99 Å². The van der Waals surface area contributed by atoms with E-state index in [0.29, 0.717) is 28.4 Å². The highest BCUT2D eigenvalue weighted by atomic mass is 16.5. The quantitative estimate of drug-likeness (QED) is 0.893. The lowest BCUT2D eigenvalue weighted by Crippen LogP contribution is -2.26. The van der Waals surface area contributed by atoms with Crippen molar-refractivity contribution < 1.29 is 4.74 Å². The summed E-state index contributed by atoms with van der Waals surface area (Å²) in [5.41, 5.74) is 16.5. The Labute approximate surface area is 152 Å². The van der Waals surface area contributed by atoms with Crippen LogP contribution < -0.4 is 16.2 Å². The maximum Gasteiger partial charge on any atom is 0.129 e. The third kappa shape index (κ3) is 2.82. The molecule has 0 amide bonds. The Morgan fingerprint density at radius 2 is 1.85 bits per heavy atom. The van der Waals surface area contributed by atoms with Crippen LogP contribution in [0.1, 0.15) is 22.6 Å². The van der Waals surface area contributed by atoms with Crippen molar-refractivity contribution in [3.05, 3.63) is 82.6 Å². The van der Waals surface area contributed by atoms with E-state index in [1.54, 1.807) is 7.11 Å². The second kappa shape index (κ2) is 7.16. The minimum absolute atomic E-state index is 0.306. The molecule has 4 N–H and O–H groups in total. The van der Waals surface area contributed by atoms with E-state index >= 15 is 0 Å². The molecular formula is C21H20N4O. The van der Waals surface area contributed by atoms with Crippen molar-refractivity contribution in [2.45, 2.75) is 12.8 Å². The van der Waals surface area contributed by atoms with Crippen molar-refractivity contribution in [2.24, 2.45) is 16.5 Å². The van der Waals surface area contributed by atoms with Gasteiger partial charge in [-0.15, -0.1) is 0 Å². The van der Waals surface area contributed by atoms with Crippen LogP contribution in [-0.4, -0.2) is 12.9 Å². The highest BCUT2D eigenvalue weighted by Gasteiger charge is 2.33. The van der Waals surface area contributed by atoms with Gasteiger partial charge in [-0.2, -0.15) is 5.26 Å². The van der Waals surface area contributed by atoms with Gasteiger partial charge < -0.3 is 16.2 Å². The molecule has 0 saturated heterocycles. The molecule has 26 heavy (non-hydrogen) atoms. The molecular weight excluding hydrogens is 324 g/mol. The van der Waals surface area contributed by atoms with Crippen LogP contribution in [0.25, 0.3) is 5.70 Å². The van der Waals surface area contributed by atoms with E-state index in [-0.39, 0.29) is 0 Å². The number of hydrogen-bond donors (Lipinski definition) is 2. The molecule has 0 aliphatic carbocycles. The molecule has 0 radical (unpaired) electrons. The molecule has 5 heteroatoms. The molecule has 0 spiro atoms. The molecule has 1 unspecified atom stereocenters. The molecule has 2 aromatic rings. The number of aliphatic imine (C=N–C) groups is 1. The molecule has 0 bridgehead atoms. The van der Waals surface area contributed by atoms with Gasteiger partial charge in [0.15, 0.2) is 0 Å². The molecule has 5 nitrogen and oxygen atoms in total. The normalized spacial score (nSPS) is 18.4. The third-order valence-electron chi connectivity index (χ3n) is 4.53. The lowest BCUT2D eigenvalue weighted by molar-refractivity contribution is 0.409. The Kier molecular flexibility index (Phi) is 4.76. The van der Waals surface area contributed by atoms with Crippen LogP contribution in [0.4, 0.5) is 0 Å². The first-order valence-corrected chi connectivity index (χ1v) is 8.21. The zero-order chi connectivity index (χ0) is 18.7. The first kappa shape index (κ1) is 17.3. The number of ether oxygens (including phenoxy) is 1. The molecule has 1 aliphatic rings. The van der Waals surface area contributed by atoms with E-state index in [1.165, 1.54) is 6.20 Å². The first-order valence-electron chi connectivity index (χ1n) is 8.21. The Balaban J connectivity index is 2.33. The third-order valence-corrected chi connectivity index (χ3v) is 4.53. The summed E-state index contributed by atoms with van der Waals surface area (Å²) in [4.78, 5) is 4.51. The number of nitrogens with two attached hydrogens (primary N) is 2. The van der Waals surface area contributed by atoms with E-state index in [1.807, 2.05) is 55.5 Å². The van der Waals surface area contributed by atoms with Gasteiger partial charge >= 0.3 is 0 Å². The predicted molar refractivity (Wildman–Crippen MR) is 103 cm³/mol. The summed E-state index contributed by atoms with van der Waals surface area (Å²) >= 11 is 0. The fourth-order valence-corrected chi connectivity index (χ4v) is 3.26. The maximum absolute atomic E-state index is 9.98. The predicted octanol–water partition coefficient (Wildman–Crippen LogP) is 3.24. The van der Waals surface area contributed by atoms with Gasteiger partial charge in [0, 0.05) is 22.9 Å². The number of amidine groups is 1. The summed E-state index contributed by atoms with van der Waals surface area (Å²) in [6, 6.07) is 17.7. The van der Waals surface area contributed by atoms with Crippen molar-refractivity contribution >= 4 is 11.5 Å². The van der Waals surface area contributed by atoms with E-state index < -0.39 is 5.92 Å². The zero-order valence-electron chi connectivity index (χ0n) is 14.7. The lowest BCUT2D eigenvalue weighted by atomic mass is 9.80. The largest absolute Gasteiger partial charge is 0.496 e. The topological polar surface area (TPSA) is 97.4 Å². The number of allylic oxidation sites excluding steroid dienone is 1. The zero-order valence-corrected chi connectivity index (χ0v) is 14.7. The average Bonchev–Trinajstić information content (AvgIpc) is 2.67. The fourth-order valence-electron chi connectivity index (χ4n) is 3.26. The van der Waals surface area contributed by atoms with Gasteiger partial charge in [0.2, 0.25) is 0 Å². The average molecular weight is 344 g/mol. The van der Waals surface area contributed by atoms with Crippen molar-refractivity contribution in [2.75, 3.05) is 7.11 Å². The number of rotatable bonds is 3. The van der Waals surface area contributed by atoms with Crippen LogP contribution in [0.3, 0.4) is 0 Å². The highest BCUT2D eigenvalue weighted by molar-refractivity contribution is 6.05. The van der Waals surface area contributed by atoms with Crippen molar-refractivity contribution in [3.8, 4) is 11.8 Å². The minimum atomic E-state index is -0.437. The summed E-state index contributed by atoms with van der Waals surface area (Å²) < 4.78 is 5.50. The molecule has 0 saturated carbocycles. The van der Waals surface area contributed by atoms with Crippen LogP contribution in [0, 0.1) is 18.3 Å². The van der Waals surface area contributed by atoms with Crippen LogP contribution >= 0.6 is 0 Å². The smallest absolute Gasteiger partial charge is 0.129 e. The standard InChI is InChI=1S/C21H20N4O/c1-13-7-3-4-8-14(13)20-16(11-22)19(17(12-23)21(24)25-20)15-9-5-6-10-18(15)26-2/h3-10,12,19H,23H2,1-2H3,(H2,24,25)/b17-12-. The Morgan fingerprint density at radius 3 is 2.50 bits per heavy atom. The molecule has 1 atom stereocenters. The number of hydrogen-bond acceptors (Lipinski definition) is 5. The lowest BCUT2D eigenvalue weighted by Gasteiger charge is -2.27. The maximum atomic E-state index is 9.98. The molecule has 2 aromatic carbocycles. The summed E-state index contributed by atoms with van der Waals surface area (Å²) in [7, 11) is 1.60. The van der Waals surface area contributed by atoms with Gasteiger partial charge in [-0.3, -0.25) is 0 Å². The van der Waals surface area contributed by atoms with E-state index in [9.17, 15) is 5.26 Å². The molecule has 130 valence electrons. The summed E-state index contributed by atoms with van der Waals surface area (Å²) in [5, 5.41) is 9.98. The van der Waals surface area contributed by atoms with Crippen LogP contribution in [-0.2, 0) is 0 Å². The van der Waals surface area contributed by atoms with Gasteiger partial charge in [0.1, 0.15) is 11.6 Å². The van der Waals surface area contributed by atoms with Crippen molar-refractivity contribution in [1.29, 1.82) is 5.26 Å². The number of benzene rings is 2. The van der Waals surface area contributed by atoms with Gasteiger partial charge in [0.05, 0.1) is 30.4 Å². The minimum Gasteiger partial charge on any atom is -0.496 e. The Hall–Kier alpha value is -3.52. The summed E-state index contributed by atoms with van der Waals surface area (Å²) in [6.45, 7) is 1.98. The second-order valence-corrected chi connectivity index (χ2v) is 5.98. The van der Waals surface area contributed by atoms with E-state index in [0.717, 1.165) is 16.7 Å². The Bertz CT molecular complexity index is 980. The molecule has 0 fully saturated rings. The first-order chi connectivity index (χ1) is 12.6. The summed E-state index contributed by atoms with van der Waals surface area (Å²) in [6.07, 6.45) is 1.42. The second-order valence-electron chi connectivity index (χ2n) is 5.98. The number of nitriles is 1.